The van der Waals surface area contributed by atoms with E-state index in [0.717, 1.165) is 20.8 Å². The van der Waals surface area contributed by atoms with Gasteiger partial charge in [0.1, 0.15) is 18.4 Å². The number of halogens is 2. The third kappa shape index (κ3) is 6.30. The normalized spacial score (nSPS) is 25.0. The molecule has 0 aliphatic carbocycles. The van der Waals surface area contributed by atoms with E-state index in [1.807, 2.05) is 0 Å². The van der Waals surface area contributed by atoms with E-state index >= 15 is 0 Å². The van der Waals surface area contributed by atoms with E-state index in [0.29, 0.717) is 11.4 Å². The number of nitrogens with zero attached hydrogens (tertiary/aromatic N) is 3. The fourth-order valence-corrected chi connectivity index (χ4v) is 3.68. The van der Waals surface area contributed by atoms with Gasteiger partial charge in [-0.15, -0.1) is 28.3 Å². The number of esters is 4. The van der Waals surface area contributed by atoms with Crippen LogP contribution in [0.5, 0.6) is 0 Å². The van der Waals surface area contributed by atoms with Gasteiger partial charge in [0.25, 0.3) is 0 Å². The van der Waals surface area contributed by atoms with Gasteiger partial charge in [0.2, 0.25) is 0 Å². The number of aromatic nitrogens is 3. The molecule has 32 heavy (non-hydrogen) atoms. The summed E-state index contributed by atoms with van der Waals surface area (Å²) < 4.78 is 28.4. The molecule has 0 radical (unpaired) electrons. The molecule has 1 aliphatic rings. The minimum absolute atomic E-state index is 0.00662. The number of carbonyl (C=O) groups is 4. The minimum atomic E-state index is -1.33. The highest BCUT2D eigenvalue weighted by Gasteiger charge is 2.53. The molecule has 2 rings (SSSR count). The topological polar surface area (TPSA) is 145 Å². The van der Waals surface area contributed by atoms with E-state index in [-0.39, 0.29) is 18.4 Å². The van der Waals surface area contributed by atoms with Crippen molar-refractivity contribution in [3.05, 3.63) is 11.4 Å². The van der Waals surface area contributed by atoms with Crippen LogP contribution in [0.25, 0.3) is 0 Å². The van der Waals surface area contributed by atoms with E-state index in [2.05, 4.69) is 10.3 Å². The van der Waals surface area contributed by atoms with Crippen LogP contribution < -0.4 is 0 Å². The molecule has 0 amide bonds. The Hall–Kier alpha value is -2.44. The first-order chi connectivity index (χ1) is 15.1. The molecule has 1 fully saturated rings. The van der Waals surface area contributed by atoms with Gasteiger partial charge in [-0.25, -0.2) is 4.68 Å². The van der Waals surface area contributed by atoms with Crippen LogP contribution in [0, 0.1) is 0 Å². The summed E-state index contributed by atoms with van der Waals surface area (Å²) in [7, 11) is 0. The fraction of sp³-hybridized carbons (Fsp3) is 0.667. The molecule has 0 spiro atoms. The van der Waals surface area contributed by atoms with Gasteiger partial charge in [0.15, 0.2) is 24.5 Å². The van der Waals surface area contributed by atoms with Crippen molar-refractivity contribution in [1.82, 2.24) is 15.0 Å². The number of rotatable bonds is 8. The monoisotopic (exact) mass is 495 g/mol. The average molecular weight is 496 g/mol. The SMILES string of the molecule is CC(=O)OC[C@@H]1O[C@@H](n2nnc(CCl)c2CCl)[C@@H](OC(C)=O)[C@@H](OC(C)=O)[C@H]1OC(C)=O. The van der Waals surface area contributed by atoms with E-state index in [9.17, 15) is 19.2 Å². The minimum Gasteiger partial charge on any atom is -0.463 e. The maximum Gasteiger partial charge on any atom is 0.303 e. The van der Waals surface area contributed by atoms with E-state index in [1.165, 1.54) is 11.6 Å². The quantitative estimate of drug-likeness (QED) is 0.289. The van der Waals surface area contributed by atoms with Gasteiger partial charge < -0.3 is 23.7 Å². The second-order valence-corrected chi connectivity index (χ2v) is 7.32. The Kier molecular flexibility index (Phi) is 9.22. The number of ether oxygens (including phenoxy) is 5. The van der Waals surface area contributed by atoms with Gasteiger partial charge in [-0.3, -0.25) is 19.2 Å². The summed E-state index contributed by atoms with van der Waals surface area (Å²) in [5.41, 5.74) is 0.720. The molecule has 0 unspecified atom stereocenters. The molecular weight excluding hydrogens is 473 g/mol. The van der Waals surface area contributed by atoms with Gasteiger partial charge in [-0.1, -0.05) is 5.21 Å². The summed E-state index contributed by atoms with van der Waals surface area (Å²) in [5.74, 6) is -2.89. The fourth-order valence-electron chi connectivity index (χ4n) is 3.20. The highest BCUT2D eigenvalue weighted by Crippen LogP contribution is 2.35. The first kappa shape index (κ1) is 25.8. The van der Waals surface area contributed by atoms with Crippen LogP contribution in [0.1, 0.15) is 45.3 Å². The molecular formula is C18H23Cl2N3O9. The molecule has 0 saturated carbocycles. The van der Waals surface area contributed by atoms with Crippen molar-refractivity contribution in [2.45, 2.75) is 70.1 Å². The molecule has 12 nitrogen and oxygen atoms in total. The van der Waals surface area contributed by atoms with Crippen molar-refractivity contribution in [1.29, 1.82) is 0 Å². The Morgan fingerprint density at radius 1 is 0.875 bits per heavy atom. The van der Waals surface area contributed by atoms with Gasteiger partial charge in [-0.05, 0) is 0 Å². The van der Waals surface area contributed by atoms with Crippen LogP contribution >= 0.6 is 23.2 Å². The lowest BCUT2D eigenvalue weighted by atomic mass is 9.97. The summed E-state index contributed by atoms with van der Waals surface area (Å²) in [6.45, 7) is 4.23. The molecule has 1 aliphatic heterocycles. The molecule has 14 heteroatoms. The number of hydrogen-bond acceptors (Lipinski definition) is 11. The molecule has 1 saturated heterocycles. The number of alkyl halides is 2. The summed E-state index contributed by atoms with van der Waals surface area (Å²) in [6.07, 6.45) is -6.26. The summed E-state index contributed by atoms with van der Waals surface area (Å²) in [5, 5.41) is 7.94. The van der Waals surface area contributed by atoms with Gasteiger partial charge in [0.05, 0.1) is 17.5 Å². The maximum atomic E-state index is 11.9. The third-order valence-electron chi connectivity index (χ3n) is 4.33. The smallest absolute Gasteiger partial charge is 0.303 e. The average Bonchev–Trinajstić information content (AvgIpc) is 3.11. The van der Waals surface area contributed by atoms with Crippen LogP contribution in [0.3, 0.4) is 0 Å². The van der Waals surface area contributed by atoms with Crippen LogP contribution in [0.15, 0.2) is 0 Å². The number of carbonyl (C=O) groups excluding carboxylic acids is 4. The standard InChI is InChI=1S/C18H23Cl2N3O9/c1-8(24)28-7-14-15(29-9(2)25)16(30-10(3)26)17(31-11(4)27)18(32-14)23-13(6-20)12(5-19)21-22-23/h14-18H,5-7H2,1-4H3/t14-,15-,16-,17-,18+/m0/s1. The molecule has 2 heterocycles. The first-order valence-electron chi connectivity index (χ1n) is 9.44. The Morgan fingerprint density at radius 3 is 1.94 bits per heavy atom. The van der Waals surface area contributed by atoms with Crippen LogP contribution in [0.2, 0.25) is 0 Å². The first-order valence-corrected chi connectivity index (χ1v) is 10.5. The summed E-state index contributed by atoms with van der Waals surface area (Å²) >= 11 is 11.9. The molecule has 5 atom stereocenters. The van der Waals surface area contributed by atoms with E-state index in [1.54, 1.807) is 0 Å². The molecule has 1 aromatic heterocycles. The molecule has 0 N–H and O–H groups in total. The van der Waals surface area contributed by atoms with Crippen LogP contribution in [0.4, 0.5) is 0 Å². The lowest BCUT2D eigenvalue weighted by molar-refractivity contribution is -0.270. The molecule has 178 valence electrons. The Bertz CT molecular complexity index is 863. The van der Waals surface area contributed by atoms with Crippen LogP contribution in [-0.2, 0) is 54.6 Å². The van der Waals surface area contributed by atoms with Crippen molar-refractivity contribution >= 4 is 47.1 Å². The Morgan fingerprint density at radius 2 is 1.44 bits per heavy atom. The Labute approximate surface area is 193 Å². The molecule has 1 aromatic rings. The second-order valence-electron chi connectivity index (χ2n) is 6.78. The van der Waals surface area contributed by atoms with Crippen LogP contribution in [-0.4, -0.2) is 69.9 Å². The van der Waals surface area contributed by atoms with Crippen molar-refractivity contribution in [3.63, 3.8) is 0 Å². The highest BCUT2D eigenvalue weighted by molar-refractivity contribution is 6.18. The molecule has 0 bridgehead atoms. The number of hydrogen-bond donors (Lipinski definition) is 0. The van der Waals surface area contributed by atoms with E-state index in [4.69, 9.17) is 46.9 Å². The summed E-state index contributed by atoms with van der Waals surface area (Å²) in [4.78, 5) is 46.9. The van der Waals surface area contributed by atoms with Gasteiger partial charge >= 0.3 is 23.9 Å². The van der Waals surface area contributed by atoms with Crippen molar-refractivity contribution in [3.8, 4) is 0 Å². The lowest BCUT2D eigenvalue weighted by Crippen LogP contribution is -2.60. The van der Waals surface area contributed by atoms with Crippen molar-refractivity contribution in [2.75, 3.05) is 6.61 Å². The van der Waals surface area contributed by atoms with Gasteiger partial charge in [-0.2, -0.15) is 0 Å². The van der Waals surface area contributed by atoms with Crippen molar-refractivity contribution < 1.29 is 42.9 Å². The predicted octanol–water partition coefficient (Wildman–Crippen LogP) is 1.01. The Balaban J connectivity index is 2.60. The maximum absolute atomic E-state index is 11.9. The van der Waals surface area contributed by atoms with E-state index < -0.39 is 54.5 Å². The lowest BCUT2D eigenvalue weighted by Gasteiger charge is -2.44. The predicted molar refractivity (Wildman–Crippen MR) is 106 cm³/mol. The molecule has 0 aromatic carbocycles. The zero-order valence-corrected chi connectivity index (χ0v) is 19.3. The van der Waals surface area contributed by atoms with Gasteiger partial charge in [0, 0.05) is 27.7 Å². The zero-order chi connectivity index (χ0) is 24.0. The largest absolute Gasteiger partial charge is 0.463 e. The summed E-state index contributed by atoms with van der Waals surface area (Å²) in [6, 6.07) is 0. The van der Waals surface area contributed by atoms with Crippen molar-refractivity contribution in [2.24, 2.45) is 0 Å². The zero-order valence-electron chi connectivity index (χ0n) is 17.8. The third-order valence-corrected chi connectivity index (χ3v) is 4.84. The highest BCUT2D eigenvalue weighted by atomic mass is 35.5. The second kappa shape index (κ2) is 11.4.